The van der Waals surface area contributed by atoms with Crippen LogP contribution in [0.3, 0.4) is 0 Å². The Labute approximate surface area is 180 Å². The summed E-state index contributed by atoms with van der Waals surface area (Å²) in [5.41, 5.74) is 3.38. The van der Waals surface area contributed by atoms with E-state index in [0.717, 1.165) is 64.3 Å². The number of H-pyrrole nitrogens is 1. The second-order valence-electron chi connectivity index (χ2n) is 7.69. The van der Waals surface area contributed by atoms with Crippen LogP contribution in [0.5, 0.6) is 0 Å². The molecule has 1 aliphatic rings. The molecule has 0 radical (unpaired) electrons. The Kier molecular flexibility index (Phi) is 5.22. The van der Waals surface area contributed by atoms with Crippen molar-refractivity contribution in [1.82, 2.24) is 19.9 Å². The summed E-state index contributed by atoms with van der Waals surface area (Å²) < 4.78 is 12.6. The van der Waals surface area contributed by atoms with Gasteiger partial charge in [-0.3, -0.25) is 14.0 Å². The number of fused-ring (bicyclic) bond motifs is 2. The number of rotatable bonds is 4. The zero-order valence-corrected chi connectivity index (χ0v) is 18.3. The molecule has 1 aromatic carbocycles. The average molecular weight is 439 g/mol. The molecule has 30 heavy (non-hydrogen) atoms. The third-order valence-corrected chi connectivity index (χ3v) is 7.78. The van der Waals surface area contributed by atoms with Crippen molar-refractivity contribution < 1.29 is 4.21 Å². The number of hydrogen-bond acceptors (Lipinski definition) is 6. The molecule has 0 amide bonds. The van der Waals surface area contributed by atoms with E-state index in [9.17, 15) is 9.00 Å². The summed E-state index contributed by atoms with van der Waals surface area (Å²) in [4.78, 5) is 27.4. The molecule has 0 bridgehead atoms. The lowest BCUT2D eigenvalue weighted by Gasteiger charge is -2.26. The molecule has 1 N–H and O–H groups in total. The lowest BCUT2D eigenvalue weighted by molar-refractivity contribution is 0.303. The van der Waals surface area contributed by atoms with Crippen LogP contribution in [0.1, 0.15) is 11.1 Å². The Morgan fingerprint density at radius 2 is 2.07 bits per heavy atom. The number of aromatic amines is 1. The number of aryl methyl sites for hydroxylation is 1. The van der Waals surface area contributed by atoms with Gasteiger partial charge < -0.3 is 9.88 Å². The van der Waals surface area contributed by atoms with Crippen LogP contribution >= 0.6 is 11.3 Å². The maximum atomic E-state index is 12.9. The van der Waals surface area contributed by atoms with E-state index in [0.29, 0.717) is 16.9 Å². The van der Waals surface area contributed by atoms with E-state index in [-0.39, 0.29) is 5.56 Å². The summed E-state index contributed by atoms with van der Waals surface area (Å²) in [5.74, 6) is 2.02. The maximum Gasteiger partial charge on any atom is 0.259 e. The first-order chi connectivity index (χ1) is 14.6. The summed E-state index contributed by atoms with van der Waals surface area (Å²) in [5, 5.41) is 3.74. The molecule has 5 rings (SSSR count). The molecule has 0 spiro atoms. The van der Waals surface area contributed by atoms with E-state index in [1.165, 1.54) is 0 Å². The van der Waals surface area contributed by atoms with Crippen LogP contribution in [-0.4, -0.2) is 55.2 Å². The molecular weight excluding hydrogens is 416 g/mol. The number of hydrogen-bond donors (Lipinski definition) is 1. The van der Waals surface area contributed by atoms with Crippen LogP contribution in [0.4, 0.5) is 0 Å². The third-order valence-electron chi connectivity index (χ3n) is 5.63. The second kappa shape index (κ2) is 8.02. The molecule has 1 fully saturated rings. The quantitative estimate of drug-likeness (QED) is 0.530. The Balaban J connectivity index is 1.45. The molecule has 0 saturated carbocycles. The summed E-state index contributed by atoms with van der Waals surface area (Å²) in [6.45, 7) is 4.68. The van der Waals surface area contributed by atoms with Crippen LogP contribution in [0.15, 0.2) is 40.6 Å². The van der Waals surface area contributed by atoms with Gasteiger partial charge in [0.05, 0.1) is 10.9 Å². The van der Waals surface area contributed by atoms with Crippen molar-refractivity contribution in [3.8, 4) is 11.5 Å². The highest BCUT2D eigenvalue weighted by Crippen LogP contribution is 2.25. The summed E-state index contributed by atoms with van der Waals surface area (Å²) in [6.07, 6.45) is 2.68. The van der Waals surface area contributed by atoms with Crippen LogP contribution in [0, 0.1) is 6.92 Å². The normalized spacial score (nSPS) is 15.9. The average Bonchev–Trinajstić information content (AvgIpc) is 3.22. The lowest BCUT2D eigenvalue weighted by Crippen LogP contribution is -2.38. The van der Waals surface area contributed by atoms with E-state index in [1.807, 2.05) is 36.7 Å². The van der Waals surface area contributed by atoms with Crippen molar-refractivity contribution in [2.75, 3.05) is 31.1 Å². The number of nitrogens with one attached hydrogen (secondary N) is 1. The Bertz CT molecular complexity index is 1320. The molecule has 0 atom stereocenters. The predicted molar refractivity (Wildman–Crippen MR) is 124 cm³/mol. The summed E-state index contributed by atoms with van der Waals surface area (Å²) in [6, 6.07) is 8.08. The molecule has 6 nitrogen and oxygen atoms in total. The zero-order chi connectivity index (χ0) is 20.7. The Morgan fingerprint density at radius 3 is 2.90 bits per heavy atom. The van der Waals surface area contributed by atoms with Crippen molar-refractivity contribution in [3.05, 3.63) is 57.3 Å². The van der Waals surface area contributed by atoms with Gasteiger partial charge in [-0.25, -0.2) is 4.98 Å². The third kappa shape index (κ3) is 3.82. The van der Waals surface area contributed by atoms with Gasteiger partial charge >= 0.3 is 0 Å². The number of thiophene rings is 1. The van der Waals surface area contributed by atoms with Gasteiger partial charge in [-0.2, -0.15) is 0 Å². The first-order valence-corrected chi connectivity index (χ1v) is 12.4. The van der Waals surface area contributed by atoms with Gasteiger partial charge in [-0.1, -0.05) is 6.07 Å². The predicted octanol–water partition coefficient (Wildman–Crippen LogP) is 3.12. The van der Waals surface area contributed by atoms with Crippen molar-refractivity contribution in [3.63, 3.8) is 0 Å². The molecule has 0 aliphatic carbocycles. The second-order valence-corrected chi connectivity index (χ2v) is 10.3. The highest BCUT2D eigenvalue weighted by atomic mass is 32.2. The van der Waals surface area contributed by atoms with E-state index < -0.39 is 10.8 Å². The minimum Gasteiger partial charge on any atom is -0.305 e. The van der Waals surface area contributed by atoms with Crippen LogP contribution in [0.2, 0.25) is 0 Å². The highest BCUT2D eigenvalue weighted by molar-refractivity contribution is 7.85. The van der Waals surface area contributed by atoms with E-state index in [2.05, 4.69) is 20.9 Å². The Morgan fingerprint density at radius 1 is 1.23 bits per heavy atom. The largest absolute Gasteiger partial charge is 0.305 e. The van der Waals surface area contributed by atoms with Crippen LogP contribution in [-0.2, 0) is 17.2 Å². The lowest BCUT2D eigenvalue weighted by atomic mass is 10.0. The number of benzene rings is 1. The maximum absolute atomic E-state index is 12.9. The summed E-state index contributed by atoms with van der Waals surface area (Å²) >= 11 is 1.65. The first kappa shape index (κ1) is 19.5. The molecule has 3 aromatic heterocycles. The van der Waals surface area contributed by atoms with Crippen LogP contribution in [0.25, 0.3) is 32.5 Å². The number of aromatic nitrogens is 3. The van der Waals surface area contributed by atoms with Gasteiger partial charge in [0, 0.05) is 58.2 Å². The topological polar surface area (TPSA) is 79.0 Å². The standard InChI is InChI=1S/C22H22N4O2S2/c1-14-10-15(2-4-26-5-8-30(28)9-6-26)11-17-20(14)24-21(25-22(17)27)18-12-19-16(13-23-18)3-7-29-19/h3,7,10-13H,2,4-6,8-9H2,1H3,(H,24,25,27). The van der Waals surface area contributed by atoms with Crippen LogP contribution < -0.4 is 5.56 Å². The minimum atomic E-state index is -0.658. The van der Waals surface area contributed by atoms with Crippen molar-refractivity contribution in [1.29, 1.82) is 0 Å². The number of nitrogens with zero attached hydrogens (tertiary/aromatic N) is 3. The van der Waals surface area contributed by atoms with Crippen molar-refractivity contribution in [2.45, 2.75) is 13.3 Å². The van der Waals surface area contributed by atoms with Crippen molar-refractivity contribution in [2.24, 2.45) is 0 Å². The molecule has 1 saturated heterocycles. The first-order valence-electron chi connectivity index (χ1n) is 10.0. The molecule has 8 heteroatoms. The fourth-order valence-electron chi connectivity index (χ4n) is 3.93. The van der Waals surface area contributed by atoms with Gasteiger partial charge in [0.2, 0.25) is 0 Å². The fraction of sp³-hybridized carbons (Fsp3) is 0.318. The van der Waals surface area contributed by atoms with Gasteiger partial charge in [0.1, 0.15) is 5.69 Å². The van der Waals surface area contributed by atoms with Gasteiger partial charge in [0.25, 0.3) is 5.56 Å². The molecule has 4 heterocycles. The smallest absolute Gasteiger partial charge is 0.259 e. The summed E-state index contributed by atoms with van der Waals surface area (Å²) in [7, 11) is -0.658. The van der Waals surface area contributed by atoms with E-state index in [1.54, 1.807) is 11.3 Å². The fourth-order valence-corrected chi connectivity index (χ4v) is 5.85. The minimum absolute atomic E-state index is 0.138. The van der Waals surface area contributed by atoms with Crippen molar-refractivity contribution >= 4 is 43.1 Å². The highest BCUT2D eigenvalue weighted by Gasteiger charge is 2.16. The zero-order valence-electron chi connectivity index (χ0n) is 16.7. The SMILES string of the molecule is Cc1cc(CCN2CCS(=O)CC2)cc2c(=O)[nH]c(-c3cc4sccc4cn3)nc12. The molecule has 0 unspecified atom stereocenters. The Hall–Kier alpha value is -2.42. The van der Waals surface area contributed by atoms with E-state index >= 15 is 0 Å². The monoisotopic (exact) mass is 438 g/mol. The molecular formula is C22H22N4O2S2. The van der Waals surface area contributed by atoms with Gasteiger partial charge in [-0.05, 0) is 48.1 Å². The molecule has 4 aromatic rings. The molecule has 1 aliphatic heterocycles. The molecule has 154 valence electrons. The van der Waals surface area contributed by atoms with Gasteiger partial charge in [0.15, 0.2) is 5.82 Å². The van der Waals surface area contributed by atoms with Gasteiger partial charge in [-0.15, -0.1) is 11.3 Å². The van der Waals surface area contributed by atoms with E-state index in [4.69, 9.17) is 4.98 Å². The number of pyridine rings is 1.